The van der Waals surface area contributed by atoms with Crippen molar-refractivity contribution in [3.05, 3.63) is 0 Å². The fraction of sp³-hybridized carbons (Fsp3) is 0.762. The van der Waals surface area contributed by atoms with E-state index in [9.17, 15) is 29.1 Å². The Morgan fingerprint density at radius 1 is 0.844 bits per heavy atom. The summed E-state index contributed by atoms with van der Waals surface area (Å²) in [5.41, 5.74) is 11.2. The topological polar surface area (TPSA) is 194 Å². The Kier molecular flexibility index (Phi) is 12.5. The normalized spacial score (nSPS) is 15.9. The van der Waals surface area contributed by atoms with Crippen molar-refractivity contribution in [2.45, 2.75) is 85.0 Å². The number of carbonyl (C=O) groups is 5. The molecule has 0 spiro atoms. The standard InChI is InChI=1S/C21H39N5O6/c1-7-12(6)16(23)20(30)25-13(8-10(2)3)18(28)24-14(9-15(22)27)19(29)26-17(11(4)5)21(31)32/h10-14,16-17H,7-9,23H2,1-6H3,(H2,22,27)(H,24,28)(H,25,30)(H,26,29)(H,31,32). The zero-order chi connectivity index (χ0) is 25.2. The van der Waals surface area contributed by atoms with E-state index >= 15 is 0 Å². The summed E-state index contributed by atoms with van der Waals surface area (Å²) in [7, 11) is 0. The largest absolute Gasteiger partial charge is 0.480 e. The van der Waals surface area contributed by atoms with Gasteiger partial charge in [0, 0.05) is 0 Å². The number of hydrogen-bond acceptors (Lipinski definition) is 6. The Balaban J connectivity index is 5.56. The smallest absolute Gasteiger partial charge is 0.326 e. The molecule has 0 bridgehead atoms. The molecule has 0 aromatic heterocycles. The molecule has 11 nitrogen and oxygen atoms in total. The predicted octanol–water partition coefficient (Wildman–Crippen LogP) is -0.524. The monoisotopic (exact) mass is 457 g/mol. The first-order chi connectivity index (χ1) is 14.7. The molecule has 184 valence electrons. The number of carboxylic acid groups (broad SMARTS) is 1. The van der Waals surface area contributed by atoms with Crippen LogP contribution in [0.15, 0.2) is 0 Å². The van der Waals surface area contributed by atoms with Crippen LogP contribution in [0.4, 0.5) is 0 Å². The molecule has 5 unspecified atom stereocenters. The molecular weight excluding hydrogens is 418 g/mol. The van der Waals surface area contributed by atoms with Crippen molar-refractivity contribution >= 4 is 29.6 Å². The number of nitrogens with two attached hydrogens (primary N) is 2. The van der Waals surface area contributed by atoms with Gasteiger partial charge < -0.3 is 32.5 Å². The molecule has 11 heteroatoms. The van der Waals surface area contributed by atoms with Gasteiger partial charge in [0.15, 0.2) is 0 Å². The molecule has 0 aliphatic rings. The lowest BCUT2D eigenvalue weighted by Crippen LogP contribution is -2.58. The Labute approximate surface area is 189 Å². The summed E-state index contributed by atoms with van der Waals surface area (Å²) in [6.45, 7) is 10.6. The zero-order valence-electron chi connectivity index (χ0n) is 19.8. The van der Waals surface area contributed by atoms with E-state index in [2.05, 4.69) is 16.0 Å². The molecule has 0 aliphatic carbocycles. The first-order valence-electron chi connectivity index (χ1n) is 10.9. The Bertz CT molecular complexity index is 682. The number of amides is 4. The fourth-order valence-electron chi connectivity index (χ4n) is 2.93. The maximum Gasteiger partial charge on any atom is 0.326 e. The molecule has 0 heterocycles. The van der Waals surface area contributed by atoms with E-state index in [1.54, 1.807) is 13.8 Å². The lowest BCUT2D eigenvalue weighted by atomic mass is 9.97. The highest BCUT2D eigenvalue weighted by molar-refractivity contribution is 5.96. The summed E-state index contributed by atoms with van der Waals surface area (Å²) < 4.78 is 0. The van der Waals surface area contributed by atoms with Gasteiger partial charge in [0.1, 0.15) is 18.1 Å². The molecule has 0 aliphatic heterocycles. The first-order valence-corrected chi connectivity index (χ1v) is 10.9. The molecule has 0 saturated heterocycles. The summed E-state index contributed by atoms with van der Waals surface area (Å²) in [5, 5.41) is 16.7. The molecule has 8 N–H and O–H groups in total. The van der Waals surface area contributed by atoms with Crippen molar-refractivity contribution in [2.24, 2.45) is 29.2 Å². The van der Waals surface area contributed by atoms with E-state index in [4.69, 9.17) is 11.5 Å². The van der Waals surface area contributed by atoms with Crippen molar-refractivity contribution in [3.63, 3.8) is 0 Å². The number of hydrogen-bond donors (Lipinski definition) is 6. The molecule has 0 aromatic carbocycles. The first kappa shape index (κ1) is 29.3. The summed E-state index contributed by atoms with van der Waals surface area (Å²) in [5.74, 6) is -4.67. The van der Waals surface area contributed by atoms with E-state index in [0.717, 1.165) is 0 Å². The van der Waals surface area contributed by atoms with Crippen molar-refractivity contribution in [3.8, 4) is 0 Å². The second-order valence-corrected chi connectivity index (χ2v) is 8.90. The van der Waals surface area contributed by atoms with E-state index < -0.39 is 66.1 Å². The van der Waals surface area contributed by atoms with Gasteiger partial charge in [-0.2, -0.15) is 0 Å². The molecular formula is C21H39N5O6. The van der Waals surface area contributed by atoms with Gasteiger partial charge in [-0.05, 0) is 24.2 Å². The van der Waals surface area contributed by atoms with E-state index in [0.29, 0.717) is 6.42 Å². The Morgan fingerprint density at radius 3 is 1.75 bits per heavy atom. The van der Waals surface area contributed by atoms with E-state index in [-0.39, 0.29) is 18.3 Å². The minimum atomic E-state index is -1.39. The lowest BCUT2D eigenvalue weighted by molar-refractivity contribution is -0.143. The van der Waals surface area contributed by atoms with Gasteiger partial charge >= 0.3 is 5.97 Å². The van der Waals surface area contributed by atoms with Crippen molar-refractivity contribution < 1.29 is 29.1 Å². The van der Waals surface area contributed by atoms with Gasteiger partial charge in [-0.1, -0.05) is 48.0 Å². The molecule has 0 fully saturated rings. The predicted molar refractivity (Wildman–Crippen MR) is 119 cm³/mol. The number of carbonyl (C=O) groups excluding carboxylic acids is 4. The maximum absolute atomic E-state index is 12.9. The molecule has 0 saturated carbocycles. The number of nitrogens with one attached hydrogen (secondary N) is 3. The van der Waals surface area contributed by atoms with Gasteiger partial charge in [0.2, 0.25) is 23.6 Å². The van der Waals surface area contributed by atoms with Gasteiger partial charge in [-0.25, -0.2) is 4.79 Å². The number of aliphatic carboxylic acids is 1. The van der Waals surface area contributed by atoms with Crippen molar-refractivity contribution in [1.82, 2.24) is 16.0 Å². The second-order valence-electron chi connectivity index (χ2n) is 8.90. The van der Waals surface area contributed by atoms with Crippen LogP contribution in [0.5, 0.6) is 0 Å². The molecule has 32 heavy (non-hydrogen) atoms. The molecule has 0 rings (SSSR count). The number of primary amides is 1. The third kappa shape index (κ3) is 10.1. The minimum absolute atomic E-state index is 0.0200. The average molecular weight is 458 g/mol. The van der Waals surface area contributed by atoms with Crippen molar-refractivity contribution in [2.75, 3.05) is 0 Å². The lowest BCUT2D eigenvalue weighted by Gasteiger charge is -2.27. The van der Waals surface area contributed by atoms with Crippen LogP contribution < -0.4 is 27.4 Å². The highest BCUT2D eigenvalue weighted by Crippen LogP contribution is 2.10. The maximum atomic E-state index is 12.9. The summed E-state index contributed by atoms with van der Waals surface area (Å²) >= 11 is 0. The van der Waals surface area contributed by atoms with E-state index in [1.807, 2.05) is 27.7 Å². The zero-order valence-corrected chi connectivity index (χ0v) is 19.8. The summed E-state index contributed by atoms with van der Waals surface area (Å²) in [6, 6.07) is -4.42. The summed E-state index contributed by atoms with van der Waals surface area (Å²) in [6.07, 6.45) is 0.410. The average Bonchev–Trinajstić information content (AvgIpc) is 2.68. The molecule has 0 aromatic rings. The highest BCUT2D eigenvalue weighted by Gasteiger charge is 2.32. The third-order valence-corrected chi connectivity index (χ3v) is 5.17. The number of carboxylic acids is 1. The van der Waals surface area contributed by atoms with Crippen LogP contribution in [0.1, 0.15) is 60.8 Å². The Morgan fingerprint density at radius 2 is 1.34 bits per heavy atom. The molecule has 5 atom stereocenters. The van der Waals surface area contributed by atoms with Crippen LogP contribution >= 0.6 is 0 Å². The minimum Gasteiger partial charge on any atom is -0.480 e. The van der Waals surface area contributed by atoms with Gasteiger partial charge in [0.05, 0.1) is 12.5 Å². The van der Waals surface area contributed by atoms with Crippen LogP contribution in [-0.2, 0) is 24.0 Å². The molecule has 0 radical (unpaired) electrons. The summed E-state index contributed by atoms with van der Waals surface area (Å²) in [4.78, 5) is 60.9. The van der Waals surface area contributed by atoms with E-state index in [1.165, 1.54) is 0 Å². The Hall–Kier alpha value is -2.69. The van der Waals surface area contributed by atoms with Gasteiger partial charge in [-0.3, -0.25) is 19.2 Å². The highest BCUT2D eigenvalue weighted by atomic mass is 16.4. The molecule has 4 amide bonds. The number of rotatable bonds is 14. The quantitative estimate of drug-likeness (QED) is 0.202. The van der Waals surface area contributed by atoms with Crippen LogP contribution in [0.3, 0.4) is 0 Å². The second kappa shape index (κ2) is 13.7. The van der Waals surface area contributed by atoms with Crippen LogP contribution in [0.2, 0.25) is 0 Å². The SMILES string of the molecule is CCC(C)C(N)C(=O)NC(CC(C)C)C(=O)NC(CC(N)=O)C(=O)NC(C(=O)O)C(C)C. The fourth-order valence-corrected chi connectivity index (χ4v) is 2.93. The third-order valence-electron chi connectivity index (χ3n) is 5.17. The van der Waals surface area contributed by atoms with Crippen LogP contribution in [-0.4, -0.2) is 58.9 Å². The van der Waals surface area contributed by atoms with Crippen LogP contribution in [0.25, 0.3) is 0 Å². The van der Waals surface area contributed by atoms with Gasteiger partial charge in [-0.15, -0.1) is 0 Å². The van der Waals surface area contributed by atoms with Crippen molar-refractivity contribution in [1.29, 1.82) is 0 Å². The van der Waals surface area contributed by atoms with Crippen LogP contribution in [0, 0.1) is 17.8 Å². The van der Waals surface area contributed by atoms with Gasteiger partial charge in [0.25, 0.3) is 0 Å².